The van der Waals surface area contributed by atoms with Gasteiger partial charge in [0.15, 0.2) is 5.71 Å². The number of hydrogen-bond donors (Lipinski definition) is 1. The van der Waals surface area contributed by atoms with Gasteiger partial charge in [-0.15, -0.1) is 0 Å². The molecule has 1 aromatic rings. The number of hydrogen-bond acceptors (Lipinski definition) is 5. The summed E-state index contributed by atoms with van der Waals surface area (Å²) in [5, 5.41) is 4.13. The van der Waals surface area contributed by atoms with Crippen LogP contribution in [0.5, 0.6) is 0 Å². The van der Waals surface area contributed by atoms with Crippen molar-refractivity contribution in [1.82, 2.24) is 5.43 Å². The molecule has 6 nitrogen and oxygen atoms in total. The predicted octanol–water partition coefficient (Wildman–Crippen LogP) is 2.60. The van der Waals surface area contributed by atoms with Gasteiger partial charge in [0.05, 0.1) is 13.5 Å². The van der Waals surface area contributed by atoms with Gasteiger partial charge in [-0.1, -0.05) is 38.4 Å². The average molecular weight is 339 g/mol. The van der Waals surface area contributed by atoms with Gasteiger partial charge in [0, 0.05) is 16.0 Å². The molecular formula is C16H19ClN2O4. The molecule has 0 saturated heterocycles. The van der Waals surface area contributed by atoms with Gasteiger partial charge < -0.3 is 4.74 Å². The van der Waals surface area contributed by atoms with E-state index in [0.717, 1.165) is 0 Å². The highest BCUT2D eigenvalue weighted by Gasteiger charge is 2.26. The molecule has 0 heterocycles. The van der Waals surface area contributed by atoms with Crippen LogP contribution >= 0.6 is 11.6 Å². The largest absolute Gasteiger partial charge is 0.464 e. The van der Waals surface area contributed by atoms with Gasteiger partial charge in [0.2, 0.25) is 0 Å². The Morgan fingerprint density at radius 1 is 1.26 bits per heavy atom. The van der Waals surface area contributed by atoms with Gasteiger partial charge in [0.25, 0.3) is 5.91 Å². The normalized spacial score (nSPS) is 11.8. The molecule has 0 spiro atoms. The molecule has 7 heteroatoms. The van der Waals surface area contributed by atoms with Crippen molar-refractivity contribution in [2.75, 3.05) is 7.11 Å². The van der Waals surface area contributed by atoms with Gasteiger partial charge in [-0.3, -0.25) is 9.59 Å². The third-order valence-electron chi connectivity index (χ3n) is 2.96. The van der Waals surface area contributed by atoms with E-state index in [1.165, 1.54) is 13.2 Å². The van der Waals surface area contributed by atoms with E-state index in [4.69, 9.17) is 11.6 Å². The Hall–Kier alpha value is -2.21. The van der Waals surface area contributed by atoms with Crippen molar-refractivity contribution in [3.8, 4) is 0 Å². The fraction of sp³-hybridized carbons (Fsp3) is 0.375. The topological polar surface area (TPSA) is 84.8 Å². The molecule has 1 N–H and O–H groups in total. The Balaban J connectivity index is 2.91. The number of nitrogens with zero attached hydrogens (tertiary/aromatic N) is 1. The van der Waals surface area contributed by atoms with E-state index in [2.05, 4.69) is 15.3 Å². The maximum Gasteiger partial charge on any atom is 0.354 e. The van der Waals surface area contributed by atoms with Crippen LogP contribution in [-0.4, -0.2) is 30.5 Å². The fourth-order valence-electron chi connectivity index (χ4n) is 1.50. The maximum atomic E-state index is 12.0. The van der Waals surface area contributed by atoms with E-state index in [9.17, 15) is 14.4 Å². The summed E-state index contributed by atoms with van der Waals surface area (Å²) >= 11 is 5.81. The van der Waals surface area contributed by atoms with Gasteiger partial charge in [0.1, 0.15) is 5.78 Å². The molecule has 1 aromatic carbocycles. The SMILES string of the molecule is COC(=O)/C(CC(=O)C(C)(C)C)=N/NC(=O)c1cccc(Cl)c1. The van der Waals surface area contributed by atoms with Crippen LogP contribution in [0.1, 0.15) is 37.6 Å². The van der Waals surface area contributed by atoms with Crippen LogP contribution < -0.4 is 5.43 Å². The van der Waals surface area contributed by atoms with E-state index in [1.54, 1.807) is 39.0 Å². The van der Waals surface area contributed by atoms with Gasteiger partial charge in [-0.25, -0.2) is 10.2 Å². The van der Waals surface area contributed by atoms with Crippen LogP contribution in [0.4, 0.5) is 0 Å². The second kappa shape index (κ2) is 7.87. The number of halogens is 1. The zero-order valence-electron chi connectivity index (χ0n) is 13.5. The summed E-state index contributed by atoms with van der Waals surface area (Å²) in [6.45, 7) is 5.19. The van der Waals surface area contributed by atoms with Crippen LogP contribution in [0, 0.1) is 5.41 Å². The quantitative estimate of drug-likeness (QED) is 0.508. The number of amides is 1. The number of rotatable bonds is 5. The molecule has 0 saturated carbocycles. The molecule has 0 fully saturated rings. The van der Waals surface area contributed by atoms with E-state index in [-0.39, 0.29) is 23.5 Å². The highest BCUT2D eigenvalue weighted by molar-refractivity contribution is 6.40. The first-order valence-electron chi connectivity index (χ1n) is 6.89. The Kier molecular flexibility index (Phi) is 6.45. The van der Waals surface area contributed by atoms with Crippen molar-refractivity contribution in [3.63, 3.8) is 0 Å². The number of carbonyl (C=O) groups excluding carboxylic acids is 3. The van der Waals surface area contributed by atoms with Crippen LogP contribution in [-0.2, 0) is 14.3 Å². The van der Waals surface area contributed by atoms with Crippen LogP contribution in [0.25, 0.3) is 0 Å². The summed E-state index contributed by atoms with van der Waals surface area (Å²) in [6, 6.07) is 6.26. The third-order valence-corrected chi connectivity index (χ3v) is 3.20. The molecule has 1 amide bonds. The summed E-state index contributed by atoms with van der Waals surface area (Å²) in [5.74, 6) is -1.51. The Labute approximate surface area is 139 Å². The minimum absolute atomic E-state index is 0.164. The highest BCUT2D eigenvalue weighted by atomic mass is 35.5. The lowest BCUT2D eigenvalue weighted by Gasteiger charge is -2.16. The first kappa shape index (κ1) is 18.8. The minimum Gasteiger partial charge on any atom is -0.464 e. The molecule has 124 valence electrons. The van der Waals surface area contributed by atoms with Crippen molar-refractivity contribution in [1.29, 1.82) is 0 Å². The van der Waals surface area contributed by atoms with Crippen LogP contribution in [0.15, 0.2) is 29.4 Å². The number of esters is 1. The van der Waals surface area contributed by atoms with Crippen molar-refractivity contribution >= 4 is 35.0 Å². The van der Waals surface area contributed by atoms with E-state index in [1.807, 2.05) is 0 Å². The van der Waals surface area contributed by atoms with Crippen molar-refractivity contribution in [2.45, 2.75) is 27.2 Å². The van der Waals surface area contributed by atoms with E-state index in [0.29, 0.717) is 5.02 Å². The molecule has 0 atom stereocenters. The molecule has 1 rings (SSSR count). The Morgan fingerprint density at radius 2 is 1.91 bits per heavy atom. The number of methoxy groups -OCH3 is 1. The predicted molar refractivity (Wildman–Crippen MR) is 87.4 cm³/mol. The molecule has 0 bridgehead atoms. The number of nitrogens with one attached hydrogen (secondary N) is 1. The summed E-state index contributed by atoms with van der Waals surface area (Å²) in [5.41, 5.74) is 1.72. The molecular weight excluding hydrogens is 320 g/mol. The molecule has 0 aliphatic rings. The second-order valence-electron chi connectivity index (χ2n) is 5.85. The zero-order chi connectivity index (χ0) is 17.6. The molecule has 0 aliphatic carbocycles. The standard InChI is InChI=1S/C16H19ClN2O4/c1-16(2,3)13(20)9-12(15(22)23-4)18-19-14(21)10-6-5-7-11(17)8-10/h5-8H,9H2,1-4H3,(H,19,21)/b18-12+. The van der Waals surface area contributed by atoms with Crippen LogP contribution in [0.3, 0.4) is 0 Å². The van der Waals surface area contributed by atoms with Crippen molar-refractivity contribution < 1.29 is 19.1 Å². The number of ether oxygens (including phenoxy) is 1. The Bertz CT molecular complexity index is 648. The number of carbonyl (C=O) groups is 3. The van der Waals surface area contributed by atoms with Gasteiger partial charge in [-0.2, -0.15) is 5.10 Å². The second-order valence-corrected chi connectivity index (χ2v) is 6.29. The first-order valence-corrected chi connectivity index (χ1v) is 7.27. The number of ketones is 1. The third kappa shape index (κ3) is 5.83. The molecule has 0 radical (unpaired) electrons. The molecule has 0 unspecified atom stereocenters. The summed E-state index contributed by atoms with van der Waals surface area (Å²) in [7, 11) is 1.18. The monoisotopic (exact) mass is 338 g/mol. The van der Waals surface area contributed by atoms with Gasteiger partial charge >= 0.3 is 5.97 Å². The zero-order valence-corrected chi connectivity index (χ0v) is 14.2. The van der Waals surface area contributed by atoms with Crippen molar-refractivity contribution in [3.05, 3.63) is 34.9 Å². The lowest BCUT2D eigenvalue weighted by molar-refractivity contribution is -0.134. The van der Waals surface area contributed by atoms with E-state index < -0.39 is 17.3 Å². The molecule has 23 heavy (non-hydrogen) atoms. The van der Waals surface area contributed by atoms with Crippen LogP contribution in [0.2, 0.25) is 5.02 Å². The van der Waals surface area contributed by atoms with Crippen molar-refractivity contribution in [2.24, 2.45) is 10.5 Å². The van der Waals surface area contributed by atoms with Gasteiger partial charge in [-0.05, 0) is 18.2 Å². The first-order chi connectivity index (χ1) is 10.6. The van der Waals surface area contributed by atoms with E-state index >= 15 is 0 Å². The summed E-state index contributed by atoms with van der Waals surface area (Å²) in [6.07, 6.45) is -0.230. The molecule has 0 aromatic heterocycles. The average Bonchev–Trinajstić information content (AvgIpc) is 2.49. The lowest BCUT2D eigenvalue weighted by Crippen LogP contribution is -2.30. The maximum absolute atomic E-state index is 12.0. The minimum atomic E-state index is -0.769. The fourth-order valence-corrected chi connectivity index (χ4v) is 1.70. The summed E-state index contributed by atoms with van der Waals surface area (Å²) in [4.78, 5) is 35.7. The highest BCUT2D eigenvalue weighted by Crippen LogP contribution is 2.17. The Morgan fingerprint density at radius 3 is 2.43 bits per heavy atom. The smallest absolute Gasteiger partial charge is 0.354 e. The number of hydrazone groups is 1. The summed E-state index contributed by atoms with van der Waals surface area (Å²) < 4.78 is 4.59. The molecule has 0 aliphatic heterocycles. The number of benzene rings is 1. The number of Topliss-reactive ketones (excluding diaryl/α,β-unsaturated/α-hetero) is 1. The lowest BCUT2D eigenvalue weighted by atomic mass is 9.88.